The summed E-state index contributed by atoms with van der Waals surface area (Å²) in [4.78, 5) is 0. The van der Waals surface area contributed by atoms with Crippen LogP contribution in [0.2, 0.25) is 0 Å². The topological polar surface area (TPSA) is 217 Å². The molecule has 12 nitrogen and oxygen atoms in total. The molecule has 134 valence electrons. The van der Waals surface area contributed by atoms with Gasteiger partial charge in [-0.05, 0) is 6.92 Å². The van der Waals surface area contributed by atoms with Gasteiger partial charge in [0.05, 0.1) is 0 Å². The van der Waals surface area contributed by atoms with Crippen LogP contribution in [0.3, 0.4) is 0 Å². The number of hydrogen-bond donors (Lipinski definition) is 4. The summed E-state index contributed by atoms with van der Waals surface area (Å²) in [5, 5.41) is 0. The molecule has 0 rings (SSSR count). The minimum atomic E-state index is -6.10. The second kappa shape index (κ2) is 5.64. The molecule has 0 unspecified atom stereocenters. The molecule has 0 saturated carbocycles. The van der Waals surface area contributed by atoms with Gasteiger partial charge in [-0.3, -0.25) is 18.2 Å². The Morgan fingerprint density at radius 3 is 1.09 bits per heavy atom. The zero-order valence-electron chi connectivity index (χ0n) is 10.0. The van der Waals surface area contributed by atoms with Crippen LogP contribution >= 0.6 is 23.2 Å². The molecule has 0 fully saturated rings. The van der Waals surface area contributed by atoms with Crippen molar-refractivity contribution in [1.82, 2.24) is 0 Å². The van der Waals surface area contributed by atoms with E-state index in [-0.39, 0.29) is 6.92 Å². The lowest BCUT2D eigenvalue weighted by molar-refractivity contribution is 0.407. The van der Waals surface area contributed by atoms with Crippen LogP contribution in [0, 0.1) is 0 Å². The zero-order chi connectivity index (χ0) is 18.6. The average molecular weight is 447 g/mol. The van der Waals surface area contributed by atoms with E-state index in [9.17, 15) is 33.7 Å². The maximum Gasteiger partial charge on any atom is 0.290 e. The highest BCUT2D eigenvalue weighted by atomic mass is 35.5. The first-order valence-corrected chi connectivity index (χ1v) is 11.0. The molecule has 4 N–H and O–H groups in total. The van der Waals surface area contributed by atoms with Gasteiger partial charge >= 0.3 is 0 Å². The van der Waals surface area contributed by atoms with E-state index in [0.29, 0.717) is 0 Å². The van der Waals surface area contributed by atoms with E-state index in [1.54, 1.807) is 0 Å². The van der Waals surface area contributed by atoms with Crippen molar-refractivity contribution in [3.8, 4) is 0 Å². The van der Waals surface area contributed by atoms with Crippen LogP contribution in [0.25, 0.3) is 0 Å². The highest BCUT2D eigenvalue weighted by molar-refractivity contribution is 8.07. The van der Waals surface area contributed by atoms with Gasteiger partial charge in [-0.15, -0.1) is 0 Å². The van der Waals surface area contributed by atoms with Crippen LogP contribution < -0.4 is 0 Å². The van der Waals surface area contributed by atoms with Gasteiger partial charge in [0.25, 0.3) is 44.6 Å². The first kappa shape index (κ1) is 22.2. The third kappa shape index (κ3) is 3.65. The lowest BCUT2D eigenvalue weighted by Crippen LogP contribution is -2.63. The number of rotatable bonds is 6. The summed E-state index contributed by atoms with van der Waals surface area (Å²) in [6.45, 7) is -0.152. The predicted octanol–water partition coefficient (Wildman–Crippen LogP) is -1.25. The molecule has 0 aliphatic carbocycles. The summed E-state index contributed by atoms with van der Waals surface area (Å²) >= 11 is 10.3. The van der Waals surface area contributed by atoms with Gasteiger partial charge in [0.15, 0.2) is 4.33 Å². The molecule has 0 amide bonds. The zero-order valence-corrected chi connectivity index (χ0v) is 14.8. The van der Waals surface area contributed by atoms with E-state index < -0.39 is 53.5 Å². The third-order valence-corrected chi connectivity index (χ3v) is 11.7. The molecule has 0 aromatic rings. The Balaban J connectivity index is 7.17. The van der Waals surface area contributed by atoms with Crippen molar-refractivity contribution in [1.29, 1.82) is 0 Å². The van der Waals surface area contributed by atoms with E-state index in [1.165, 1.54) is 0 Å². The summed E-state index contributed by atoms with van der Waals surface area (Å²) in [5.41, 5.74) is 0. The van der Waals surface area contributed by atoms with Gasteiger partial charge < -0.3 is 0 Å². The fraction of sp³-hybridized carbons (Fsp3) is 1.00. The van der Waals surface area contributed by atoms with Crippen molar-refractivity contribution < 1.29 is 51.9 Å². The quantitative estimate of drug-likeness (QED) is 0.277. The van der Waals surface area contributed by atoms with Crippen molar-refractivity contribution in [2.45, 2.75) is 19.9 Å². The Bertz CT molecular complexity index is 797. The molecule has 18 heteroatoms. The Morgan fingerprint density at radius 1 is 0.727 bits per heavy atom. The van der Waals surface area contributed by atoms with Crippen LogP contribution in [0.1, 0.15) is 6.92 Å². The monoisotopic (exact) mass is 446 g/mol. The minimum Gasteiger partial charge on any atom is -0.284 e. The second-order valence-electron chi connectivity index (χ2n) is 3.88. The van der Waals surface area contributed by atoms with Crippen LogP contribution in [-0.2, 0) is 40.5 Å². The molecule has 0 aromatic carbocycles. The van der Waals surface area contributed by atoms with E-state index in [0.717, 1.165) is 0 Å². The smallest absolute Gasteiger partial charge is 0.284 e. The highest BCUT2D eigenvalue weighted by Gasteiger charge is 2.72. The molecule has 0 radical (unpaired) electrons. The first-order chi connectivity index (χ1) is 9.12. The fourth-order valence-corrected chi connectivity index (χ4v) is 8.48. The Kier molecular flexibility index (Phi) is 5.70. The average Bonchev–Trinajstić information content (AvgIpc) is 2.05. The molecular formula is C4H8Cl2O12S4. The number of hydrogen-bond acceptors (Lipinski definition) is 8. The van der Waals surface area contributed by atoms with E-state index in [2.05, 4.69) is 0 Å². The van der Waals surface area contributed by atoms with Crippen molar-refractivity contribution in [2.24, 2.45) is 0 Å². The van der Waals surface area contributed by atoms with Crippen molar-refractivity contribution >= 4 is 63.7 Å². The lowest BCUT2D eigenvalue weighted by atomic mass is 10.3. The first-order valence-electron chi connectivity index (χ1n) is 4.36. The molecule has 0 aliphatic heterocycles. The van der Waals surface area contributed by atoms with Crippen LogP contribution in [0.4, 0.5) is 0 Å². The predicted molar refractivity (Wildman–Crippen MR) is 72.8 cm³/mol. The Labute approximate surface area is 135 Å². The Hall–Kier alpha value is 0.220. The lowest BCUT2D eigenvalue weighted by Gasteiger charge is -2.36. The highest BCUT2D eigenvalue weighted by Crippen LogP contribution is 2.48. The normalized spacial score (nSPS) is 16.0. The van der Waals surface area contributed by atoms with Crippen LogP contribution in [-0.4, -0.2) is 64.9 Å². The SMILES string of the molecule is CC(C(Cl)(Cl)C(S(=O)(=O)O)S(=O)(=O)O)(S(=O)(=O)O)S(=O)(=O)O. The molecule has 0 spiro atoms. The molecule has 0 aromatic heterocycles. The molecular weight excluding hydrogens is 439 g/mol. The Morgan fingerprint density at radius 2 is 0.955 bits per heavy atom. The molecule has 0 aliphatic rings. The van der Waals surface area contributed by atoms with Gasteiger partial charge in [0.2, 0.25) is 4.58 Å². The number of alkyl halides is 2. The molecule has 0 saturated heterocycles. The van der Waals surface area contributed by atoms with Crippen molar-refractivity contribution in [3.63, 3.8) is 0 Å². The third-order valence-electron chi connectivity index (χ3n) is 2.43. The van der Waals surface area contributed by atoms with E-state index in [1.807, 2.05) is 0 Å². The molecule has 0 heterocycles. The summed E-state index contributed by atoms with van der Waals surface area (Å²) in [7, 11) is -24.3. The van der Waals surface area contributed by atoms with Crippen molar-refractivity contribution in [2.75, 3.05) is 0 Å². The van der Waals surface area contributed by atoms with Gasteiger partial charge in [-0.1, -0.05) is 23.2 Å². The largest absolute Gasteiger partial charge is 0.290 e. The summed E-state index contributed by atoms with van der Waals surface area (Å²) in [6.07, 6.45) is 0. The van der Waals surface area contributed by atoms with Crippen LogP contribution in [0.5, 0.6) is 0 Å². The van der Waals surface area contributed by atoms with E-state index in [4.69, 9.17) is 41.4 Å². The van der Waals surface area contributed by atoms with Gasteiger partial charge in [-0.2, -0.15) is 33.7 Å². The molecule has 0 atom stereocenters. The molecule has 0 bridgehead atoms. The van der Waals surface area contributed by atoms with Gasteiger partial charge in [-0.25, -0.2) is 0 Å². The second-order valence-corrected chi connectivity index (χ2v) is 12.4. The van der Waals surface area contributed by atoms with Gasteiger partial charge in [0, 0.05) is 0 Å². The summed E-state index contributed by atoms with van der Waals surface area (Å²) in [5.74, 6) is 0. The molecule has 22 heavy (non-hydrogen) atoms. The van der Waals surface area contributed by atoms with E-state index >= 15 is 0 Å². The minimum absolute atomic E-state index is 0.152. The summed E-state index contributed by atoms with van der Waals surface area (Å²) in [6, 6.07) is 0. The maximum absolute atomic E-state index is 11.2. The fourth-order valence-electron chi connectivity index (χ4n) is 1.22. The van der Waals surface area contributed by atoms with Crippen molar-refractivity contribution in [3.05, 3.63) is 0 Å². The van der Waals surface area contributed by atoms with Crippen LogP contribution in [0.15, 0.2) is 0 Å². The standard InChI is InChI=1S/C4H8Cl2O12S4/c1-3(21(13,14)15,22(16,17)18)4(5,6)2(19(7,8)9)20(10,11)12/h2H,1H3,(H,7,8,9)(H,10,11,12)(H,13,14,15)(H,16,17,18). The van der Waals surface area contributed by atoms with Gasteiger partial charge in [0.1, 0.15) is 0 Å². The number of halogens is 2. The maximum atomic E-state index is 11.2. The summed E-state index contributed by atoms with van der Waals surface area (Å²) < 4.78 is 112.